The minimum Gasteiger partial charge on any atom is -0.325 e. The van der Waals surface area contributed by atoms with E-state index in [9.17, 15) is 9.00 Å². The van der Waals surface area contributed by atoms with Crippen molar-refractivity contribution >= 4 is 22.4 Å². The molecule has 0 heterocycles. The minimum absolute atomic E-state index is 0.0521. The quantitative estimate of drug-likeness (QED) is 0.817. The molecule has 5 heteroatoms. The number of hydrogen-bond acceptors (Lipinski definition) is 3. The molecule has 0 fully saturated rings. The molecule has 2 atom stereocenters. The fraction of sp³-hybridized carbons (Fsp3) is 0.462. The van der Waals surface area contributed by atoms with Gasteiger partial charge in [0.2, 0.25) is 5.91 Å². The Balaban J connectivity index is 2.35. The van der Waals surface area contributed by atoms with Crippen LogP contribution in [-0.2, 0) is 15.6 Å². The summed E-state index contributed by atoms with van der Waals surface area (Å²) in [6.07, 6.45) is 1.67. The Labute approximate surface area is 111 Å². The molecule has 2 unspecified atom stereocenters. The van der Waals surface area contributed by atoms with E-state index in [2.05, 4.69) is 10.6 Å². The number of nitrogens with one attached hydrogen (secondary N) is 2. The normalized spacial score (nSPS) is 13.9. The van der Waals surface area contributed by atoms with Gasteiger partial charge in [-0.15, -0.1) is 0 Å². The maximum atomic E-state index is 11.7. The van der Waals surface area contributed by atoms with Crippen LogP contribution >= 0.6 is 0 Å². The summed E-state index contributed by atoms with van der Waals surface area (Å²) in [6, 6.07) is 7.64. The zero-order valence-electron chi connectivity index (χ0n) is 11.0. The molecule has 0 saturated carbocycles. The maximum absolute atomic E-state index is 11.7. The second-order valence-electron chi connectivity index (χ2n) is 4.30. The van der Waals surface area contributed by atoms with Crippen LogP contribution in [0.4, 0.5) is 5.69 Å². The van der Waals surface area contributed by atoms with E-state index in [1.54, 1.807) is 6.26 Å². The van der Waals surface area contributed by atoms with Crippen LogP contribution in [0.2, 0.25) is 0 Å². The van der Waals surface area contributed by atoms with Crippen LogP contribution in [0.15, 0.2) is 24.3 Å². The van der Waals surface area contributed by atoms with E-state index in [-0.39, 0.29) is 17.7 Å². The molecule has 1 amide bonds. The Morgan fingerprint density at radius 1 is 1.39 bits per heavy atom. The topological polar surface area (TPSA) is 58.2 Å². The lowest BCUT2D eigenvalue weighted by molar-refractivity contribution is -0.115. The molecule has 0 spiro atoms. The van der Waals surface area contributed by atoms with Gasteiger partial charge in [0.05, 0.1) is 6.54 Å². The first-order valence-corrected chi connectivity index (χ1v) is 7.51. The average molecular weight is 268 g/mol. The van der Waals surface area contributed by atoms with Crippen molar-refractivity contribution in [2.45, 2.75) is 19.1 Å². The van der Waals surface area contributed by atoms with E-state index in [4.69, 9.17) is 0 Å². The molecule has 4 nitrogen and oxygen atoms in total. The molecule has 0 aromatic heterocycles. The molecule has 1 aromatic carbocycles. The van der Waals surface area contributed by atoms with Gasteiger partial charge in [-0.3, -0.25) is 9.00 Å². The zero-order valence-corrected chi connectivity index (χ0v) is 11.8. The summed E-state index contributed by atoms with van der Waals surface area (Å²) >= 11 is 0. The Morgan fingerprint density at radius 2 is 2.06 bits per heavy atom. The van der Waals surface area contributed by atoms with Crippen LogP contribution in [-0.4, -0.2) is 34.7 Å². The highest BCUT2D eigenvalue weighted by molar-refractivity contribution is 7.84. The van der Waals surface area contributed by atoms with Gasteiger partial charge in [0.15, 0.2) is 0 Å². The van der Waals surface area contributed by atoms with E-state index >= 15 is 0 Å². The monoisotopic (exact) mass is 268 g/mol. The predicted molar refractivity (Wildman–Crippen MR) is 76.2 cm³/mol. The first kappa shape index (κ1) is 14.9. The molecule has 100 valence electrons. The molecule has 0 bridgehead atoms. The number of amides is 1. The third-order valence-corrected chi connectivity index (χ3v) is 4.00. The van der Waals surface area contributed by atoms with Gasteiger partial charge in [0, 0.05) is 34.5 Å². The van der Waals surface area contributed by atoms with Crippen molar-refractivity contribution in [2.75, 3.05) is 24.7 Å². The molecule has 2 N–H and O–H groups in total. The number of hydrogen-bond donors (Lipinski definition) is 2. The Morgan fingerprint density at radius 3 is 2.67 bits per heavy atom. The lowest BCUT2D eigenvalue weighted by atomic mass is 10.2. The number of para-hydroxylation sites is 1. The van der Waals surface area contributed by atoms with Gasteiger partial charge in [-0.2, -0.15) is 0 Å². The zero-order chi connectivity index (χ0) is 13.5. The highest BCUT2D eigenvalue weighted by Gasteiger charge is 2.07. The average Bonchev–Trinajstić information content (AvgIpc) is 2.32. The summed E-state index contributed by atoms with van der Waals surface area (Å²) in [5.41, 5.74) is 1.87. The highest BCUT2D eigenvalue weighted by atomic mass is 32.2. The van der Waals surface area contributed by atoms with Crippen molar-refractivity contribution in [3.63, 3.8) is 0 Å². The van der Waals surface area contributed by atoms with Crippen LogP contribution < -0.4 is 10.6 Å². The largest absolute Gasteiger partial charge is 0.325 e. The number of carbonyl (C=O) groups excluding carboxylic acids is 1. The molecule has 0 aliphatic heterocycles. The van der Waals surface area contributed by atoms with Gasteiger partial charge in [-0.25, -0.2) is 0 Å². The van der Waals surface area contributed by atoms with Gasteiger partial charge < -0.3 is 10.6 Å². The van der Waals surface area contributed by atoms with Crippen LogP contribution in [0.5, 0.6) is 0 Å². The fourth-order valence-corrected chi connectivity index (χ4v) is 1.77. The Bertz CT molecular complexity index is 435. The predicted octanol–water partition coefficient (Wildman–Crippen LogP) is 1.29. The van der Waals surface area contributed by atoms with E-state index in [1.807, 2.05) is 38.1 Å². The van der Waals surface area contributed by atoms with Crippen LogP contribution in [0.1, 0.15) is 12.5 Å². The summed E-state index contributed by atoms with van der Waals surface area (Å²) in [4.78, 5) is 11.7. The standard InChI is InChI=1S/C13H20N2O2S/c1-10-6-4-5-7-12(10)15-13(16)9-14-8-11(2)18(3)17/h4-7,11,14H,8-9H2,1-3H3,(H,15,16). The van der Waals surface area contributed by atoms with E-state index < -0.39 is 10.8 Å². The summed E-state index contributed by atoms with van der Waals surface area (Å²) in [5, 5.41) is 5.89. The Kier molecular flexibility index (Phi) is 6.01. The maximum Gasteiger partial charge on any atom is 0.238 e. The van der Waals surface area contributed by atoms with Crippen LogP contribution in [0, 0.1) is 6.92 Å². The van der Waals surface area contributed by atoms with Crippen molar-refractivity contribution in [2.24, 2.45) is 0 Å². The van der Waals surface area contributed by atoms with Crippen molar-refractivity contribution in [1.82, 2.24) is 5.32 Å². The molecule has 0 aliphatic rings. The molecule has 1 rings (SSSR count). The molecular formula is C13H20N2O2S. The van der Waals surface area contributed by atoms with Crippen LogP contribution in [0.25, 0.3) is 0 Å². The summed E-state index contributed by atoms with van der Waals surface area (Å²) < 4.78 is 11.1. The lowest BCUT2D eigenvalue weighted by Gasteiger charge is -2.11. The molecule has 0 saturated heterocycles. The van der Waals surface area contributed by atoms with Gasteiger partial charge in [-0.05, 0) is 25.5 Å². The number of anilines is 1. The molecule has 0 radical (unpaired) electrons. The van der Waals surface area contributed by atoms with Gasteiger partial charge >= 0.3 is 0 Å². The second kappa shape index (κ2) is 7.28. The fourth-order valence-electron chi connectivity index (χ4n) is 1.41. The number of aryl methyl sites for hydroxylation is 1. The minimum atomic E-state index is -0.861. The summed E-state index contributed by atoms with van der Waals surface area (Å²) in [7, 11) is -0.861. The highest BCUT2D eigenvalue weighted by Crippen LogP contribution is 2.12. The molecule has 1 aromatic rings. The first-order chi connectivity index (χ1) is 8.50. The van der Waals surface area contributed by atoms with Crippen LogP contribution in [0.3, 0.4) is 0 Å². The smallest absolute Gasteiger partial charge is 0.238 e. The van der Waals surface area contributed by atoms with E-state index in [0.29, 0.717) is 6.54 Å². The summed E-state index contributed by atoms with van der Waals surface area (Å²) in [6.45, 7) is 4.65. The SMILES string of the molecule is Cc1ccccc1NC(=O)CNCC(C)S(C)=O. The van der Waals surface area contributed by atoms with Gasteiger partial charge in [-0.1, -0.05) is 18.2 Å². The van der Waals surface area contributed by atoms with Crippen molar-refractivity contribution in [3.8, 4) is 0 Å². The first-order valence-electron chi connectivity index (χ1n) is 5.89. The van der Waals surface area contributed by atoms with Crippen molar-refractivity contribution in [3.05, 3.63) is 29.8 Å². The van der Waals surface area contributed by atoms with Crippen molar-refractivity contribution in [1.29, 1.82) is 0 Å². The molecule has 18 heavy (non-hydrogen) atoms. The third-order valence-electron chi connectivity index (χ3n) is 2.70. The number of carbonyl (C=O) groups is 1. The summed E-state index contributed by atoms with van der Waals surface area (Å²) in [5.74, 6) is -0.0848. The lowest BCUT2D eigenvalue weighted by Crippen LogP contribution is -2.34. The van der Waals surface area contributed by atoms with Gasteiger partial charge in [0.25, 0.3) is 0 Å². The van der Waals surface area contributed by atoms with E-state index in [0.717, 1.165) is 11.3 Å². The second-order valence-corrected chi connectivity index (χ2v) is 6.11. The van der Waals surface area contributed by atoms with Crippen molar-refractivity contribution < 1.29 is 9.00 Å². The van der Waals surface area contributed by atoms with E-state index in [1.165, 1.54) is 0 Å². The number of rotatable bonds is 6. The molecular weight excluding hydrogens is 248 g/mol. The number of benzene rings is 1. The Hall–Kier alpha value is -1.20. The third kappa shape index (κ3) is 4.98. The van der Waals surface area contributed by atoms with Gasteiger partial charge in [0.1, 0.15) is 0 Å². The molecule has 0 aliphatic carbocycles.